The number of rotatable bonds is 8. The molecule has 0 aromatic heterocycles. The lowest BCUT2D eigenvalue weighted by Gasteiger charge is -2.37. The maximum atomic E-state index is 11.2. The third-order valence-corrected chi connectivity index (χ3v) is 4.41. The van der Waals surface area contributed by atoms with Crippen molar-refractivity contribution in [3.63, 3.8) is 0 Å². The lowest BCUT2D eigenvalue weighted by Crippen LogP contribution is -2.38. The fraction of sp³-hybridized carbons (Fsp3) is 0.812. The Labute approximate surface area is 132 Å². The highest BCUT2D eigenvalue weighted by Crippen LogP contribution is 2.35. The summed E-state index contributed by atoms with van der Waals surface area (Å²) in [5, 5.41) is 0. The van der Waals surface area contributed by atoms with Gasteiger partial charge in [0.2, 0.25) is 0 Å². The van der Waals surface area contributed by atoms with Gasteiger partial charge in [-0.15, -0.1) is 0 Å². The van der Waals surface area contributed by atoms with E-state index in [0.29, 0.717) is 24.7 Å². The van der Waals surface area contributed by atoms with Gasteiger partial charge in [-0.1, -0.05) is 19.1 Å². The van der Waals surface area contributed by atoms with Gasteiger partial charge < -0.3 is 9.47 Å². The Balaban J connectivity index is 2.43. The van der Waals surface area contributed by atoms with Crippen LogP contribution in [0.25, 0.3) is 0 Å². The zero-order valence-corrected chi connectivity index (χ0v) is 14.0. The maximum Gasteiger partial charge on any atom is 0.305 e. The summed E-state index contributed by atoms with van der Waals surface area (Å²) in [6.45, 7) is 4.25. The number of hydrogen-bond acceptors (Lipinski definition) is 4. The molecule has 0 N–H and O–H groups in total. The first kappa shape index (κ1) is 18.5. The minimum Gasteiger partial charge on any atom is -0.469 e. The second-order valence-corrected chi connectivity index (χ2v) is 5.87. The summed E-state index contributed by atoms with van der Waals surface area (Å²) in [6, 6.07) is 0. The summed E-state index contributed by atoms with van der Waals surface area (Å²) in [5.74, 6) is 0.595. The maximum absolute atomic E-state index is 11.2. The molecule has 0 spiro atoms. The number of halogens is 1. The lowest BCUT2D eigenvalue weighted by molar-refractivity contribution is -0.190. The van der Waals surface area contributed by atoms with E-state index < -0.39 is 0 Å². The minimum absolute atomic E-state index is 0.0202. The molecule has 4 nitrogen and oxygen atoms in total. The molecule has 1 saturated heterocycles. The third-order valence-electron chi connectivity index (χ3n) is 4.24. The second-order valence-electron chi connectivity index (χ2n) is 5.70. The van der Waals surface area contributed by atoms with E-state index in [1.54, 1.807) is 0 Å². The zero-order chi connectivity index (χ0) is 15.7. The standard InChI is InChI=1S/C16H27ClO4/c1-4-5-6-7-12(2)14-10-8-13(20-16(14)21-17)9-11-15(18)19-3/h4-5,12-14,16H,6-11H2,1-3H3. The Morgan fingerprint density at radius 2 is 2.24 bits per heavy atom. The van der Waals surface area contributed by atoms with Crippen molar-refractivity contribution in [1.29, 1.82) is 0 Å². The quantitative estimate of drug-likeness (QED) is 0.496. The van der Waals surface area contributed by atoms with Gasteiger partial charge in [-0.05, 0) is 44.9 Å². The molecule has 4 atom stereocenters. The molecule has 1 aliphatic rings. The molecule has 21 heavy (non-hydrogen) atoms. The molecule has 0 aromatic rings. The average molecular weight is 319 g/mol. The highest BCUT2D eigenvalue weighted by atomic mass is 35.5. The molecule has 5 heteroatoms. The average Bonchev–Trinajstić information content (AvgIpc) is 2.52. The normalized spacial score (nSPS) is 27.7. The molecule has 1 fully saturated rings. The van der Waals surface area contributed by atoms with E-state index in [2.05, 4.69) is 23.8 Å². The van der Waals surface area contributed by atoms with Crippen molar-refractivity contribution >= 4 is 17.8 Å². The van der Waals surface area contributed by atoms with Crippen LogP contribution in [0, 0.1) is 11.8 Å². The zero-order valence-electron chi connectivity index (χ0n) is 13.2. The fourth-order valence-corrected chi connectivity index (χ4v) is 3.02. The molecule has 0 bridgehead atoms. The van der Waals surface area contributed by atoms with E-state index >= 15 is 0 Å². The number of carbonyl (C=O) groups excluding carboxylic acids is 1. The number of esters is 1. The van der Waals surface area contributed by atoms with Gasteiger partial charge in [-0.2, -0.15) is 0 Å². The van der Waals surface area contributed by atoms with Gasteiger partial charge in [-0.3, -0.25) is 4.79 Å². The molecule has 0 radical (unpaired) electrons. The van der Waals surface area contributed by atoms with Crippen LogP contribution in [-0.4, -0.2) is 25.5 Å². The van der Waals surface area contributed by atoms with Crippen LogP contribution in [0.1, 0.15) is 52.4 Å². The van der Waals surface area contributed by atoms with E-state index in [1.807, 2.05) is 6.92 Å². The van der Waals surface area contributed by atoms with Gasteiger partial charge in [-0.25, -0.2) is 4.29 Å². The Bertz CT molecular complexity index is 332. The summed E-state index contributed by atoms with van der Waals surface area (Å²) < 4.78 is 15.6. The fourth-order valence-electron chi connectivity index (χ4n) is 2.85. The van der Waals surface area contributed by atoms with E-state index in [1.165, 1.54) is 7.11 Å². The first-order chi connectivity index (χ1) is 10.1. The summed E-state index contributed by atoms with van der Waals surface area (Å²) >= 11 is 5.61. The van der Waals surface area contributed by atoms with E-state index in [9.17, 15) is 4.79 Å². The van der Waals surface area contributed by atoms with E-state index in [-0.39, 0.29) is 18.4 Å². The van der Waals surface area contributed by atoms with Crippen LogP contribution < -0.4 is 0 Å². The molecular formula is C16H27ClO4. The monoisotopic (exact) mass is 318 g/mol. The summed E-state index contributed by atoms with van der Waals surface area (Å²) in [7, 11) is 1.40. The molecule has 4 unspecified atom stereocenters. The van der Waals surface area contributed by atoms with Crippen LogP contribution in [-0.2, 0) is 18.6 Å². The molecule has 122 valence electrons. The summed E-state index contributed by atoms with van der Waals surface area (Å²) in [4.78, 5) is 11.2. The van der Waals surface area contributed by atoms with Gasteiger partial charge in [0, 0.05) is 12.3 Å². The smallest absolute Gasteiger partial charge is 0.305 e. The third kappa shape index (κ3) is 6.37. The minimum atomic E-state index is -0.385. The SMILES string of the molecule is CC=CCCC(C)C1CCC(CCC(=O)OC)OC1OCl. The van der Waals surface area contributed by atoms with Crippen molar-refractivity contribution in [2.75, 3.05) is 7.11 Å². The molecule has 1 heterocycles. The Kier molecular flexibility index (Phi) is 8.97. The van der Waals surface area contributed by atoms with Crippen LogP contribution in [0.2, 0.25) is 0 Å². The van der Waals surface area contributed by atoms with Crippen LogP contribution in [0.15, 0.2) is 12.2 Å². The van der Waals surface area contributed by atoms with Crippen molar-refractivity contribution in [3.8, 4) is 0 Å². The highest BCUT2D eigenvalue weighted by Gasteiger charge is 2.35. The van der Waals surface area contributed by atoms with Crippen LogP contribution in [0.4, 0.5) is 0 Å². The summed E-state index contributed by atoms with van der Waals surface area (Å²) in [5.41, 5.74) is 0. The van der Waals surface area contributed by atoms with Gasteiger partial charge in [0.15, 0.2) is 6.29 Å². The molecule has 0 saturated carbocycles. The second kappa shape index (κ2) is 10.2. The largest absolute Gasteiger partial charge is 0.469 e. The number of ether oxygens (including phenoxy) is 2. The van der Waals surface area contributed by atoms with Crippen molar-refractivity contribution < 1.29 is 18.6 Å². The van der Waals surface area contributed by atoms with Gasteiger partial charge in [0.25, 0.3) is 0 Å². The lowest BCUT2D eigenvalue weighted by atomic mass is 9.83. The molecule has 0 aromatic carbocycles. The van der Waals surface area contributed by atoms with Crippen molar-refractivity contribution in [1.82, 2.24) is 0 Å². The van der Waals surface area contributed by atoms with Gasteiger partial charge in [0.1, 0.15) is 0 Å². The topological polar surface area (TPSA) is 44.8 Å². The van der Waals surface area contributed by atoms with Crippen LogP contribution in [0.3, 0.4) is 0 Å². The number of carbonyl (C=O) groups is 1. The number of hydrogen-bond donors (Lipinski definition) is 0. The van der Waals surface area contributed by atoms with Crippen LogP contribution >= 0.6 is 11.9 Å². The van der Waals surface area contributed by atoms with E-state index in [4.69, 9.17) is 20.9 Å². The van der Waals surface area contributed by atoms with Crippen LogP contribution in [0.5, 0.6) is 0 Å². The molecule has 0 aliphatic carbocycles. The van der Waals surface area contributed by atoms with Crippen molar-refractivity contribution in [3.05, 3.63) is 12.2 Å². The first-order valence-corrected chi connectivity index (χ1v) is 8.04. The first-order valence-electron chi connectivity index (χ1n) is 7.73. The van der Waals surface area contributed by atoms with Gasteiger partial charge in [0.05, 0.1) is 25.1 Å². The predicted molar refractivity (Wildman–Crippen MR) is 82.8 cm³/mol. The molecule has 1 rings (SSSR count). The summed E-state index contributed by atoms with van der Waals surface area (Å²) in [6.07, 6.45) is 9.03. The van der Waals surface area contributed by atoms with Crippen molar-refractivity contribution in [2.45, 2.75) is 64.8 Å². The predicted octanol–water partition coefficient (Wildman–Crippen LogP) is 4.22. The Morgan fingerprint density at radius 1 is 1.48 bits per heavy atom. The number of methoxy groups -OCH3 is 1. The van der Waals surface area contributed by atoms with Gasteiger partial charge >= 0.3 is 5.97 Å². The van der Waals surface area contributed by atoms with Crippen molar-refractivity contribution in [2.24, 2.45) is 11.8 Å². The Morgan fingerprint density at radius 3 is 2.86 bits per heavy atom. The Hall–Kier alpha value is -0.580. The molecule has 0 amide bonds. The number of allylic oxidation sites excluding steroid dienone is 2. The highest BCUT2D eigenvalue weighted by molar-refractivity contribution is 6.07. The molecule has 1 aliphatic heterocycles. The van der Waals surface area contributed by atoms with E-state index in [0.717, 1.165) is 25.7 Å². The molecular weight excluding hydrogens is 292 g/mol.